The van der Waals surface area contributed by atoms with Gasteiger partial charge >= 0.3 is 0 Å². The van der Waals surface area contributed by atoms with E-state index in [1.807, 2.05) is 12.4 Å². The summed E-state index contributed by atoms with van der Waals surface area (Å²) in [5.41, 5.74) is 6.70. The summed E-state index contributed by atoms with van der Waals surface area (Å²) in [5, 5.41) is 5.21. The summed E-state index contributed by atoms with van der Waals surface area (Å²) in [5.74, 6) is 0.603. The van der Waals surface area contributed by atoms with Crippen LogP contribution in [0.15, 0.2) is 16.4 Å². The van der Waals surface area contributed by atoms with E-state index in [0.717, 1.165) is 5.56 Å². The highest BCUT2D eigenvalue weighted by molar-refractivity contribution is 7.10. The second kappa shape index (κ2) is 4.39. The van der Waals surface area contributed by atoms with Gasteiger partial charge in [-0.2, -0.15) is 0 Å². The van der Waals surface area contributed by atoms with Crippen molar-refractivity contribution in [2.75, 3.05) is 14.1 Å². The number of rotatable bonds is 3. The van der Waals surface area contributed by atoms with Gasteiger partial charge in [0.05, 0.1) is 0 Å². The molecule has 0 aliphatic rings. The van der Waals surface area contributed by atoms with Crippen LogP contribution < -0.4 is 11.1 Å². The average molecular weight is 197 g/mol. The predicted octanol–water partition coefficient (Wildman–Crippen LogP) is 1.36. The molecule has 3 nitrogen and oxygen atoms in total. The summed E-state index contributed by atoms with van der Waals surface area (Å²) in [6.07, 6.45) is 0. The first kappa shape index (κ1) is 10.2. The van der Waals surface area contributed by atoms with Gasteiger partial charge in [0.15, 0.2) is 0 Å². The van der Waals surface area contributed by atoms with Crippen LogP contribution in [0.4, 0.5) is 0 Å². The van der Waals surface area contributed by atoms with Crippen LogP contribution in [-0.4, -0.2) is 19.9 Å². The van der Waals surface area contributed by atoms with Crippen LogP contribution in [0.5, 0.6) is 0 Å². The maximum absolute atomic E-state index is 5.69. The quantitative estimate of drug-likeness (QED) is 0.568. The molecule has 0 spiro atoms. The van der Waals surface area contributed by atoms with Crippen molar-refractivity contribution in [2.45, 2.75) is 13.0 Å². The van der Waals surface area contributed by atoms with E-state index in [2.05, 4.69) is 23.3 Å². The van der Waals surface area contributed by atoms with E-state index < -0.39 is 0 Å². The minimum atomic E-state index is 0.378. The summed E-state index contributed by atoms with van der Waals surface area (Å²) in [6.45, 7) is 2.12. The molecule has 0 bridgehead atoms. The van der Waals surface area contributed by atoms with Crippen molar-refractivity contribution in [3.63, 3.8) is 0 Å². The number of thiophene rings is 1. The van der Waals surface area contributed by atoms with Crippen molar-refractivity contribution in [3.05, 3.63) is 21.9 Å². The molecule has 1 heterocycles. The molecule has 0 radical (unpaired) electrons. The molecule has 0 saturated carbocycles. The van der Waals surface area contributed by atoms with Crippen LogP contribution in [-0.2, 0) is 0 Å². The van der Waals surface area contributed by atoms with Crippen molar-refractivity contribution >= 4 is 17.2 Å². The molecule has 1 aromatic heterocycles. The third-order valence-corrected chi connectivity index (χ3v) is 3.13. The van der Waals surface area contributed by atoms with Crippen LogP contribution >= 0.6 is 11.3 Å². The predicted molar refractivity (Wildman–Crippen MR) is 58.4 cm³/mol. The minimum Gasteiger partial charge on any atom is -0.383 e. The summed E-state index contributed by atoms with van der Waals surface area (Å²) in [4.78, 5) is 5.22. The number of nitrogens with zero attached hydrogens (tertiary/aromatic N) is 1. The second-order valence-electron chi connectivity index (χ2n) is 2.86. The standard InChI is InChI=1S/C9H15N3S/c1-6(11-2)8-4-7(5-13-8)9(10)12-3/h4-6,11H,1-3H3,(H2,10,12)/t6-/m1/s1. The normalized spacial score (nSPS) is 14.5. The van der Waals surface area contributed by atoms with Gasteiger partial charge in [-0.3, -0.25) is 4.99 Å². The Labute approximate surface area is 82.7 Å². The lowest BCUT2D eigenvalue weighted by Crippen LogP contribution is -2.13. The molecule has 0 fully saturated rings. The molecule has 0 aliphatic heterocycles. The molecule has 4 heteroatoms. The molecular weight excluding hydrogens is 182 g/mol. The van der Waals surface area contributed by atoms with E-state index in [4.69, 9.17) is 5.73 Å². The Bertz CT molecular complexity index is 304. The molecule has 0 unspecified atom stereocenters. The molecule has 0 aliphatic carbocycles. The Hall–Kier alpha value is -0.870. The summed E-state index contributed by atoms with van der Waals surface area (Å²) < 4.78 is 0. The largest absolute Gasteiger partial charge is 0.383 e. The molecule has 1 aromatic rings. The van der Waals surface area contributed by atoms with Crippen LogP contribution in [0.3, 0.4) is 0 Å². The molecule has 1 rings (SSSR count). The van der Waals surface area contributed by atoms with E-state index in [-0.39, 0.29) is 0 Å². The number of amidine groups is 1. The van der Waals surface area contributed by atoms with E-state index in [0.29, 0.717) is 11.9 Å². The Morgan fingerprint density at radius 1 is 1.69 bits per heavy atom. The molecule has 0 aromatic carbocycles. The summed E-state index contributed by atoms with van der Waals surface area (Å²) >= 11 is 1.70. The summed E-state index contributed by atoms with van der Waals surface area (Å²) in [7, 11) is 3.65. The first-order valence-electron chi connectivity index (χ1n) is 4.17. The van der Waals surface area contributed by atoms with Gasteiger partial charge in [-0.05, 0) is 20.0 Å². The fourth-order valence-corrected chi connectivity index (χ4v) is 1.95. The molecule has 0 saturated heterocycles. The maximum Gasteiger partial charge on any atom is 0.126 e. The Morgan fingerprint density at radius 3 is 2.92 bits per heavy atom. The van der Waals surface area contributed by atoms with E-state index in [9.17, 15) is 0 Å². The number of nitrogens with two attached hydrogens (primary N) is 1. The fraction of sp³-hybridized carbons (Fsp3) is 0.444. The first-order chi connectivity index (χ1) is 6.19. The summed E-state index contributed by atoms with van der Waals surface area (Å²) in [6, 6.07) is 2.46. The molecule has 13 heavy (non-hydrogen) atoms. The van der Waals surface area contributed by atoms with Crippen LogP contribution in [0.1, 0.15) is 23.4 Å². The lowest BCUT2D eigenvalue weighted by Gasteiger charge is -2.05. The Morgan fingerprint density at radius 2 is 2.38 bits per heavy atom. The Kier molecular flexibility index (Phi) is 3.45. The maximum atomic E-state index is 5.69. The van der Waals surface area contributed by atoms with Gasteiger partial charge in [0.1, 0.15) is 5.84 Å². The lowest BCUT2D eigenvalue weighted by molar-refractivity contribution is 0.664. The molecular formula is C9H15N3S. The van der Waals surface area contributed by atoms with Crippen LogP contribution in [0.25, 0.3) is 0 Å². The Balaban J connectivity index is 2.86. The zero-order valence-corrected chi connectivity index (χ0v) is 8.98. The molecule has 3 N–H and O–H groups in total. The van der Waals surface area contributed by atoms with Gasteiger partial charge in [-0.15, -0.1) is 11.3 Å². The van der Waals surface area contributed by atoms with Gasteiger partial charge in [-0.25, -0.2) is 0 Å². The first-order valence-corrected chi connectivity index (χ1v) is 5.05. The topological polar surface area (TPSA) is 50.4 Å². The van der Waals surface area contributed by atoms with Gasteiger partial charge in [-0.1, -0.05) is 0 Å². The second-order valence-corrected chi connectivity index (χ2v) is 3.80. The van der Waals surface area contributed by atoms with E-state index >= 15 is 0 Å². The van der Waals surface area contributed by atoms with Crippen molar-refractivity contribution in [1.29, 1.82) is 0 Å². The van der Waals surface area contributed by atoms with Crippen molar-refractivity contribution in [1.82, 2.24) is 5.32 Å². The SMILES string of the molecule is CN=C(N)c1csc([C@@H](C)NC)c1. The highest BCUT2D eigenvalue weighted by atomic mass is 32.1. The minimum absolute atomic E-state index is 0.378. The zero-order chi connectivity index (χ0) is 9.84. The average Bonchev–Trinajstić information content (AvgIpc) is 2.64. The fourth-order valence-electron chi connectivity index (χ4n) is 0.986. The third-order valence-electron chi connectivity index (χ3n) is 2.02. The van der Waals surface area contributed by atoms with E-state index in [1.165, 1.54) is 4.88 Å². The van der Waals surface area contributed by atoms with Crippen molar-refractivity contribution in [2.24, 2.45) is 10.7 Å². The lowest BCUT2D eigenvalue weighted by atomic mass is 10.2. The highest BCUT2D eigenvalue weighted by Crippen LogP contribution is 2.21. The number of hydrogen-bond donors (Lipinski definition) is 2. The monoisotopic (exact) mass is 197 g/mol. The smallest absolute Gasteiger partial charge is 0.126 e. The van der Waals surface area contributed by atoms with Gasteiger partial charge in [0.25, 0.3) is 0 Å². The van der Waals surface area contributed by atoms with Crippen LogP contribution in [0.2, 0.25) is 0 Å². The van der Waals surface area contributed by atoms with Gasteiger partial charge in [0, 0.05) is 28.9 Å². The molecule has 1 atom stereocenters. The molecule has 0 amide bonds. The van der Waals surface area contributed by atoms with Gasteiger partial charge in [0.2, 0.25) is 0 Å². The highest BCUT2D eigenvalue weighted by Gasteiger charge is 2.07. The van der Waals surface area contributed by atoms with Crippen LogP contribution in [0, 0.1) is 0 Å². The number of nitrogens with one attached hydrogen (secondary N) is 1. The zero-order valence-electron chi connectivity index (χ0n) is 8.16. The van der Waals surface area contributed by atoms with E-state index in [1.54, 1.807) is 18.4 Å². The van der Waals surface area contributed by atoms with Crippen molar-refractivity contribution in [3.8, 4) is 0 Å². The number of aliphatic imine (C=N–C) groups is 1. The van der Waals surface area contributed by atoms with Crippen molar-refractivity contribution < 1.29 is 0 Å². The third kappa shape index (κ3) is 2.29. The molecule has 72 valence electrons. The van der Waals surface area contributed by atoms with Gasteiger partial charge < -0.3 is 11.1 Å². The number of hydrogen-bond acceptors (Lipinski definition) is 3.